The standard InChI is InChI=1S/C13H19NO2/c1-2-3-12(14)11-7-4-10(5-8-11)6-9-13(15)16/h4-5,7-8,12H,2-3,6,9,14H2,1H3,(H,15,16). The highest BCUT2D eigenvalue weighted by Gasteiger charge is 2.04. The van der Waals surface area contributed by atoms with Gasteiger partial charge in [0.1, 0.15) is 0 Å². The predicted octanol–water partition coefficient (Wildman–Crippen LogP) is 2.50. The molecule has 0 aliphatic rings. The van der Waals surface area contributed by atoms with Gasteiger partial charge in [-0.3, -0.25) is 4.79 Å². The van der Waals surface area contributed by atoms with Crippen LogP contribution >= 0.6 is 0 Å². The van der Waals surface area contributed by atoms with E-state index in [0.717, 1.165) is 24.0 Å². The molecule has 0 fully saturated rings. The molecule has 1 atom stereocenters. The summed E-state index contributed by atoms with van der Waals surface area (Å²) in [5, 5.41) is 8.57. The summed E-state index contributed by atoms with van der Waals surface area (Å²) in [6.07, 6.45) is 2.81. The molecule has 0 aliphatic heterocycles. The highest BCUT2D eigenvalue weighted by Crippen LogP contribution is 2.16. The Hall–Kier alpha value is -1.35. The van der Waals surface area contributed by atoms with Crippen LogP contribution in [0.4, 0.5) is 0 Å². The molecule has 3 heteroatoms. The average molecular weight is 221 g/mol. The Morgan fingerprint density at radius 1 is 1.38 bits per heavy atom. The van der Waals surface area contributed by atoms with E-state index in [1.54, 1.807) is 0 Å². The fourth-order valence-electron chi connectivity index (χ4n) is 1.66. The molecular formula is C13H19NO2. The van der Waals surface area contributed by atoms with Crippen LogP contribution in [0.3, 0.4) is 0 Å². The van der Waals surface area contributed by atoms with Gasteiger partial charge in [-0.2, -0.15) is 0 Å². The third kappa shape index (κ3) is 4.03. The number of nitrogens with two attached hydrogens (primary N) is 1. The van der Waals surface area contributed by atoms with Crippen molar-refractivity contribution in [3.05, 3.63) is 35.4 Å². The Morgan fingerprint density at radius 2 is 2.00 bits per heavy atom. The normalized spacial score (nSPS) is 12.4. The minimum absolute atomic E-state index is 0.0959. The smallest absolute Gasteiger partial charge is 0.303 e. The maximum Gasteiger partial charge on any atom is 0.303 e. The van der Waals surface area contributed by atoms with Gasteiger partial charge in [-0.15, -0.1) is 0 Å². The zero-order valence-corrected chi connectivity index (χ0v) is 9.65. The first-order chi connectivity index (χ1) is 7.63. The van der Waals surface area contributed by atoms with Crippen LogP contribution < -0.4 is 5.73 Å². The van der Waals surface area contributed by atoms with Crippen LogP contribution in [0.1, 0.15) is 43.4 Å². The van der Waals surface area contributed by atoms with Gasteiger partial charge >= 0.3 is 5.97 Å². The van der Waals surface area contributed by atoms with Gasteiger partial charge in [0.05, 0.1) is 0 Å². The molecule has 0 saturated carbocycles. The topological polar surface area (TPSA) is 63.3 Å². The second kappa shape index (κ2) is 6.28. The highest BCUT2D eigenvalue weighted by atomic mass is 16.4. The van der Waals surface area contributed by atoms with Gasteiger partial charge in [-0.25, -0.2) is 0 Å². The van der Waals surface area contributed by atoms with E-state index >= 15 is 0 Å². The van der Waals surface area contributed by atoms with Crippen molar-refractivity contribution in [1.82, 2.24) is 0 Å². The monoisotopic (exact) mass is 221 g/mol. The number of benzene rings is 1. The molecule has 16 heavy (non-hydrogen) atoms. The Kier molecular flexibility index (Phi) is 4.99. The number of aliphatic carboxylic acids is 1. The molecule has 0 aliphatic carbocycles. The molecule has 1 aromatic rings. The number of carboxylic acid groups (broad SMARTS) is 1. The molecule has 0 heterocycles. The fraction of sp³-hybridized carbons (Fsp3) is 0.462. The first kappa shape index (κ1) is 12.7. The summed E-state index contributed by atoms with van der Waals surface area (Å²) in [5.74, 6) is -0.758. The van der Waals surface area contributed by atoms with Crippen molar-refractivity contribution in [3.63, 3.8) is 0 Å². The number of aryl methyl sites for hydroxylation is 1. The summed E-state index contributed by atoms with van der Waals surface area (Å²) < 4.78 is 0. The van der Waals surface area contributed by atoms with Gasteiger partial charge in [0.15, 0.2) is 0 Å². The van der Waals surface area contributed by atoms with Crippen LogP contribution in [0.25, 0.3) is 0 Å². The number of rotatable bonds is 6. The molecule has 88 valence electrons. The Bertz CT molecular complexity index is 332. The first-order valence-electron chi connectivity index (χ1n) is 5.69. The molecule has 0 bridgehead atoms. The van der Waals surface area contributed by atoms with E-state index in [0.29, 0.717) is 6.42 Å². The van der Waals surface area contributed by atoms with Crippen LogP contribution in [0.2, 0.25) is 0 Å². The molecule has 0 amide bonds. The SMILES string of the molecule is CCCC(N)c1ccc(CCC(=O)O)cc1. The van der Waals surface area contributed by atoms with Crippen molar-refractivity contribution in [3.8, 4) is 0 Å². The molecule has 3 N–H and O–H groups in total. The molecule has 3 nitrogen and oxygen atoms in total. The summed E-state index contributed by atoms with van der Waals surface area (Å²) in [6, 6.07) is 8.02. The second-order valence-corrected chi connectivity index (χ2v) is 4.03. The van der Waals surface area contributed by atoms with Crippen molar-refractivity contribution >= 4 is 5.97 Å². The van der Waals surface area contributed by atoms with E-state index in [1.807, 2.05) is 24.3 Å². The lowest BCUT2D eigenvalue weighted by Gasteiger charge is -2.11. The average Bonchev–Trinajstić information content (AvgIpc) is 2.27. The van der Waals surface area contributed by atoms with E-state index in [4.69, 9.17) is 10.8 Å². The third-order valence-corrected chi connectivity index (χ3v) is 2.64. The first-order valence-corrected chi connectivity index (χ1v) is 5.69. The maximum absolute atomic E-state index is 10.4. The summed E-state index contributed by atoms with van der Waals surface area (Å²) in [7, 11) is 0. The Balaban J connectivity index is 2.57. The van der Waals surface area contributed by atoms with Gasteiger partial charge in [0.25, 0.3) is 0 Å². The molecule has 0 spiro atoms. The lowest BCUT2D eigenvalue weighted by Crippen LogP contribution is -2.09. The Morgan fingerprint density at radius 3 is 2.50 bits per heavy atom. The number of carboxylic acids is 1. The van der Waals surface area contributed by atoms with Crippen LogP contribution in [0.5, 0.6) is 0 Å². The molecule has 0 radical (unpaired) electrons. The van der Waals surface area contributed by atoms with E-state index in [9.17, 15) is 4.79 Å². The minimum atomic E-state index is -0.758. The number of hydrogen-bond acceptors (Lipinski definition) is 2. The van der Waals surface area contributed by atoms with Crippen molar-refractivity contribution < 1.29 is 9.90 Å². The van der Waals surface area contributed by atoms with Crippen molar-refractivity contribution in [2.75, 3.05) is 0 Å². The predicted molar refractivity (Wildman–Crippen MR) is 64.2 cm³/mol. The van der Waals surface area contributed by atoms with E-state index < -0.39 is 5.97 Å². The zero-order valence-electron chi connectivity index (χ0n) is 9.65. The Labute approximate surface area is 96.3 Å². The zero-order chi connectivity index (χ0) is 12.0. The maximum atomic E-state index is 10.4. The van der Waals surface area contributed by atoms with Gasteiger partial charge in [0, 0.05) is 12.5 Å². The number of hydrogen-bond donors (Lipinski definition) is 2. The van der Waals surface area contributed by atoms with Crippen molar-refractivity contribution in [2.24, 2.45) is 5.73 Å². The molecule has 1 aromatic carbocycles. The van der Waals surface area contributed by atoms with Crippen LogP contribution in [-0.4, -0.2) is 11.1 Å². The molecule has 1 rings (SSSR count). The highest BCUT2D eigenvalue weighted by molar-refractivity contribution is 5.67. The van der Waals surface area contributed by atoms with Crippen LogP contribution in [0, 0.1) is 0 Å². The fourth-order valence-corrected chi connectivity index (χ4v) is 1.66. The quantitative estimate of drug-likeness (QED) is 0.775. The molecule has 0 aromatic heterocycles. The minimum Gasteiger partial charge on any atom is -0.481 e. The third-order valence-electron chi connectivity index (χ3n) is 2.64. The molecule has 0 saturated heterocycles. The molecular weight excluding hydrogens is 202 g/mol. The number of carbonyl (C=O) groups is 1. The van der Waals surface area contributed by atoms with Gasteiger partial charge in [-0.1, -0.05) is 37.6 Å². The largest absolute Gasteiger partial charge is 0.481 e. The van der Waals surface area contributed by atoms with Crippen molar-refractivity contribution in [1.29, 1.82) is 0 Å². The summed E-state index contributed by atoms with van der Waals surface area (Å²) in [6.45, 7) is 2.11. The van der Waals surface area contributed by atoms with Gasteiger partial charge in [-0.05, 0) is 24.0 Å². The summed E-state index contributed by atoms with van der Waals surface area (Å²) in [4.78, 5) is 10.4. The van der Waals surface area contributed by atoms with Crippen LogP contribution in [0.15, 0.2) is 24.3 Å². The van der Waals surface area contributed by atoms with E-state index in [2.05, 4.69) is 6.92 Å². The summed E-state index contributed by atoms with van der Waals surface area (Å²) in [5.41, 5.74) is 8.16. The lowest BCUT2D eigenvalue weighted by atomic mass is 10.0. The molecule has 1 unspecified atom stereocenters. The van der Waals surface area contributed by atoms with E-state index in [1.165, 1.54) is 0 Å². The van der Waals surface area contributed by atoms with Gasteiger partial charge in [0.2, 0.25) is 0 Å². The van der Waals surface area contributed by atoms with E-state index in [-0.39, 0.29) is 12.5 Å². The van der Waals surface area contributed by atoms with Crippen molar-refractivity contribution in [2.45, 2.75) is 38.6 Å². The lowest BCUT2D eigenvalue weighted by molar-refractivity contribution is -0.136. The summed E-state index contributed by atoms with van der Waals surface area (Å²) >= 11 is 0. The van der Waals surface area contributed by atoms with Crippen LogP contribution in [-0.2, 0) is 11.2 Å². The second-order valence-electron chi connectivity index (χ2n) is 4.03. The van der Waals surface area contributed by atoms with Gasteiger partial charge < -0.3 is 10.8 Å².